The molecule has 0 aliphatic rings. The molecule has 2 amide bonds. The Balaban J connectivity index is 1.65. The van der Waals surface area contributed by atoms with Crippen molar-refractivity contribution in [3.05, 3.63) is 65.6 Å². The van der Waals surface area contributed by atoms with E-state index in [1.165, 1.54) is 25.3 Å². The Bertz CT molecular complexity index is 1000. The number of rotatable bonds is 7. The van der Waals surface area contributed by atoms with Gasteiger partial charge < -0.3 is 25.5 Å². The SMILES string of the molecule is COc1ccc(F)cc1CNC(=O)NC(Cc1c[nH]c2ccccc12)C(=O)O. The van der Waals surface area contributed by atoms with Gasteiger partial charge in [0, 0.05) is 35.6 Å². The maximum atomic E-state index is 13.4. The van der Waals surface area contributed by atoms with Gasteiger partial charge >= 0.3 is 12.0 Å². The zero-order chi connectivity index (χ0) is 20.1. The molecule has 146 valence electrons. The van der Waals surface area contributed by atoms with Crippen molar-refractivity contribution in [1.29, 1.82) is 0 Å². The van der Waals surface area contributed by atoms with E-state index < -0.39 is 23.9 Å². The van der Waals surface area contributed by atoms with Gasteiger partial charge in [-0.15, -0.1) is 0 Å². The number of carbonyl (C=O) groups excluding carboxylic acids is 1. The molecular weight excluding hydrogens is 365 g/mol. The molecule has 0 spiro atoms. The van der Waals surface area contributed by atoms with Gasteiger partial charge in [0.05, 0.1) is 7.11 Å². The highest BCUT2D eigenvalue weighted by atomic mass is 19.1. The monoisotopic (exact) mass is 385 g/mol. The maximum absolute atomic E-state index is 13.4. The van der Waals surface area contributed by atoms with E-state index in [2.05, 4.69) is 15.6 Å². The van der Waals surface area contributed by atoms with Crippen LogP contribution in [0.2, 0.25) is 0 Å². The lowest BCUT2D eigenvalue weighted by molar-refractivity contribution is -0.139. The molecule has 8 heteroatoms. The lowest BCUT2D eigenvalue weighted by Crippen LogP contribution is -2.46. The number of carboxylic acids is 1. The minimum absolute atomic E-state index is 0.00775. The first kappa shape index (κ1) is 19.2. The number of benzene rings is 2. The molecule has 4 N–H and O–H groups in total. The number of hydrogen-bond acceptors (Lipinski definition) is 3. The minimum Gasteiger partial charge on any atom is -0.496 e. The standard InChI is InChI=1S/C20H20FN3O4/c1-28-18-7-6-14(21)8-13(18)11-23-20(27)24-17(19(25)26)9-12-10-22-16-5-3-2-4-15(12)16/h2-8,10,17,22H,9,11H2,1H3,(H,25,26)(H2,23,24,27). The molecule has 0 radical (unpaired) electrons. The number of para-hydroxylation sites is 1. The third-order valence-electron chi connectivity index (χ3n) is 4.38. The van der Waals surface area contributed by atoms with Crippen LogP contribution in [-0.2, 0) is 17.8 Å². The summed E-state index contributed by atoms with van der Waals surface area (Å²) in [6.07, 6.45) is 1.86. The number of aliphatic carboxylic acids is 1. The Hall–Kier alpha value is -3.55. The van der Waals surface area contributed by atoms with Gasteiger partial charge in [-0.3, -0.25) is 0 Å². The second kappa shape index (κ2) is 8.43. The van der Waals surface area contributed by atoms with Crippen molar-refractivity contribution in [3.63, 3.8) is 0 Å². The van der Waals surface area contributed by atoms with E-state index >= 15 is 0 Å². The fourth-order valence-electron chi connectivity index (χ4n) is 2.99. The zero-order valence-electron chi connectivity index (χ0n) is 15.2. The quantitative estimate of drug-likeness (QED) is 0.502. The Morgan fingerprint density at radius 3 is 2.75 bits per heavy atom. The normalized spacial score (nSPS) is 11.8. The number of nitrogens with one attached hydrogen (secondary N) is 3. The molecule has 0 fully saturated rings. The Kier molecular flexibility index (Phi) is 5.78. The van der Waals surface area contributed by atoms with E-state index in [1.807, 2.05) is 24.3 Å². The molecule has 1 unspecified atom stereocenters. The van der Waals surface area contributed by atoms with Gasteiger partial charge in [-0.25, -0.2) is 14.0 Å². The molecule has 0 saturated heterocycles. The number of hydrogen-bond donors (Lipinski definition) is 4. The van der Waals surface area contributed by atoms with Crippen LogP contribution in [0.1, 0.15) is 11.1 Å². The van der Waals surface area contributed by atoms with Crippen molar-refractivity contribution in [2.45, 2.75) is 19.0 Å². The first-order valence-corrected chi connectivity index (χ1v) is 8.62. The predicted molar refractivity (Wildman–Crippen MR) is 102 cm³/mol. The topological polar surface area (TPSA) is 103 Å². The third kappa shape index (κ3) is 4.40. The zero-order valence-corrected chi connectivity index (χ0v) is 15.2. The van der Waals surface area contributed by atoms with Crippen LogP contribution in [-0.4, -0.2) is 35.2 Å². The Labute approximate surface area is 160 Å². The summed E-state index contributed by atoms with van der Waals surface area (Å²) >= 11 is 0. The molecule has 2 aromatic carbocycles. The molecule has 3 aromatic rings. The summed E-state index contributed by atoms with van der Waals surface area (Å²) in [5.74, 6) is -1.18. The second-order valence-electron chi connectivity index (χ2n) is 6.24. The number of H-pyrrole nitrogens is 1. The van der Waals surface area contributed by atoms with Crippen molar-refractivity contribution in [3.8, 4) is 5.75 Å². The average Bonchev–Trinajstić information content (AvgIpc) is 3.09. The van der Waals surface area contributed by atoms with Gasteiger partial charge in [0.15, 0.2) is 0 Å². The fraction of sp³-hybridized carbons (Fsp3) is 0.200. The van der Waals surface area contributed by atoms with E-state index in [4.69, 9.17) is 4.74 Å². The Morgan fingerprint density at radius 2 is 2.00 bits per heavy atom. The summed E-state index contributed by atoms with van der Waals surface area (Å²) in [5.41, 5.74) is 2.13. The van der Waals surface area contributed by atoms with Crippen molar-refractivity contribution in [2.75, 3.05) is 7.11 Å². The summed E-state index contributed by atoms with van der Waals surface area (Å²) in [7, 11) is 1.44. The Morgan fingerprint density at radius 1 is 1.21 bits per heavy atom. The number of ether oxygens (including phenoxy) is 1. The molecule has 0 bridgehead atoms. The van der Waals surface area contributed by atoms with E-state index in [1.54, 1.807) is 6.20 Å². The first-order valence-electron chi connectivity index (χ1n) is 8.62. The second-order valence-corrected chi connectivity index (χ2v) is 6.24. The van der Waals surface area contributed by atoms with Crippen LogP contribution in [0.4, 0.5) is 9.18 Å². The highest BCUT2D eigenvalue weighted by molar-refractivity contribution is 5.86. The van der Waals surface area contributed by atoms with Gasteiger partial charge in [0.1, 0.15) is 17.6 Å². The number of carbonyl (C=O) groups is 2. The van der Waals surface area contributed by atoms with Crippen LogP contribution in [0.15, 0.2) is 48.7 Å². The number of fused-ring (bicyclic) bond motifs is 1. The van der Waals surface area contributed by atoms with Crippen molar-refractivity contribution in [1.82, 2.24) is 15.6 Å². The molecule has 0 aliphatic heterocycles. The molecule has 7 nitrogen and oxygen atoms in total. The lowest BCUT2D eigenvalue weighted by Gasteiger charge is -2.16. The molecular formula is C20H20FN3O4. The fourth-order valence-corrected chi connectivity index (χ4v) is 2.99. The molecule has 28 heavy (non-hydrogen) atoms. The van der Waals surface area contributed by atoms with Crippen molar-refractivity contribution in [2.24, 2.45) is 0 Å². The van der Waals surface area contributed by atoms with Crippen LogP contribution < -0.4 is 15.4 Å². The molecule has 1 atom stereocenters. The number of urea groups is 1. The van der Waals surface area contributed by atoms with Crippen molar-refractivity contribution >= 4 is 22.9 Å². The number of carboxylic acid groups (broad SMARTS) is 1. The largest absolute Gasteiger partial charge is 0.496 e. The minimum atomic E-state index is -1.15. The third-order valence-corrected chi connectivity index (χ3v) is 4.38. The van der Waals surface area contributed by atoms with Gasteiger partial charge in [-0.05, 0) is 29.8 Å². The van der Waals surface area contributed by atoms with Gasteiger partial charge in [0.2, 0.25) is 0 Å². The molecule has 3 rings (SSSR count). The van der Waals surface area contributed by atoms with Crippen LogP contribution in [0.3, 0.4) is 0 Å². The summed E-state index contributed by atoms with van der Waals surface area (Å²) in [6.45, 7) is -0.00775. The molecule has 1 heterocycles. The van der Waals surface area contributed by atoms with E-state index in [0.717, 1.165) is 16.5 Å². The number of aromatic nitrogens is 1. The lowest BCUT2D eigenvalue weighted by atomic mass is 10.1. The summed E-state index contributed by atoms with van der Waals surface area (Å²) in [6, 6.07) is 9.70. The first-order chi connectivity index (χ1) is 13.5. The molecule has 1 aromatic heterocycles. The smallest absolute Gasteiger partial charge is 0.326 e. The van der Waals surface area contributed by atoms with Crippen LogP contribution in [0.25, 0.3) is 10.9 Å². The van der Waals surface area contributed by atoms with E-state index in [9.17, 15) is 19.1 Å². The molecule has 0 aliphatic carbocycles. The van der Waals surface area contributed by atoms with E-state index in [0.29, 0.717) is 11.3 Å². The highest BCUT2D eigenvalue weighted by Gasteiger charge is 2.22. The number of halogens is 1. The van der Waals surface area contributed by atoms with Crippen LogP contribution in [0, 0.1) is 5.82 Å². The summed E-state index contributed by atoms with van der Waals surface area (Å²) < 4.78 is 18.5. The summed E-state index contributed by atoms with van der Waals surface area (Å²) in [5, 5.41) is 15.4. The van der Waals surface area contributed by atoms with Gasteiger partial charge in [-0.2, -0.15) is 0 Å². The number of aromatic amines is 1. The van der Waals surface area contributed by atoms with Crippen LogP contribution >= 0.6 is 0 Å². The van der Waals surface area contributed by atoms with Gasteiger partial charge in [-0.1, -0.05) is 18.2 Å². The summed E-state index contributed by atoms with van der Waals surface area (Å²) in [4.78, 5) is 26.9. The van der Waals surface area contributed by atoms with E-state index in [-0.39, 0.29) is 13.0 Å². The number of amides is 2. The maximum Gasteiger partial charge on any atom is 0.326 e. The van der Waals surface area contributed by atoms with Gasteiger partial charge in [0.25, 0.3) is 0 Å². The number of methoxy groups -OCH3 is 1. The molecule has 0 saturated carbocycles. The predicted octanol–water partition coefficient (Wildman–Crippen LogP) is 2.81. The van der Waals surface area contributed by atoms with Crippen molar-refractivity contribution < 1.29 is 23.8 Å². The highest BCUT2D eigenvalue weighted by Crippen LogP contribution is 2.20. The average molecular weight is 385 g/mol. The van der Waals surface area contributed by atoms with Crippen LogP contribution in [0.5, 0.6) is 5.75 Å².